The van der Waals surface area contributed by atoms with E-state index in [-0.39, 0.29) is 11.8 Å². The highest BCUT2D eigenvalue weighted by Crippen LogP contribution is 2.43. The van der Waals surface area contributed by atoms with Crippen molar-refractivity contribution in [1.82, 2.24) is 4.57 Å². The topological polar surface area (TPSA) is 69.6 Å². The van der Waals surface area contributed by atoms with Gasteiger partial charge in [-0.05, 0) is 30.3 Å². The van der Waals surface area contributed by atoms with Gasteiger partial charge in [-0.15, -0.1) is 0 Å². The molecule has 0 unspecified atom stereocenters. The second-order valence-corrected chi connectivity index (χ2v) is 8.14. The highest BCUT2D eigenvalue weighted by Gasteiger charge is 2.26. The summed E-state index contributed by atoms with van der Waals surface area (Å²) in [6, 6.07) is 31.1. The van der Waals surface area contributed by atoms with E-state index in [4.69, 9.17) is 9.47 Å². The Morgan fingerprint density at radius 2 is 1.22 bits per heavy atom. The van der Waals surface area contributed by atoms with Gasteiger partial charge in [0.1, 0.15) is 0 Å². The summed E-state index contributed by atoms with van der Waals surface area (Å²) in [6.45, 7) is 0. The van der Waals surface area contributed by atoms with Gasteiger partial charge in [0.05, 0.1) is 31.1 Å². The number of anilines is 1. The summed E-state index contributed by atoms with van der Waals surface area (Å²) in [5.41, 5.74) is 3.46. The molecule has 6 heteroatoms. The molecule has 0 aliphatic carbocycles. The van der Waals surface area contributed by atoms with Gasteiger partial charge in [0.15, 0.2) is 11.5 Å². The van der Waals surface area contributed by atoms with E-state index in [1.54, 1.807) is 55.2 Å². The Morgan fingerprint density at radius 3 is 1.81 bits per heavy atom. The number of hydrogen-bond acceptors (Lipinski definition) is 4. The van der Waals surface area contributed by atoms with Gasteiger partial charge in [-0.1, -0.05) is 66.7 Å². The van der Waals surface area contributed by atoms with Gasteiger partial charge >= 0.3 is 0 Å². The van der Waals surface area contributed by atoms with Gasteiger partial charge in [-0.25, -0.2) is 0 Å². The molecule has 0 aliphatic rings. The van der Waals surface area contributed by atoms with Crippen LogP contribution in [0.2, 0.25) is 0 Å². The Morgan fingerprint density at radius 1 is 0.694 bits per heavy atom. The largest absolute Gasteiger partial charge is 0.493 e. The minimum atomic E-state index is -0.284. The zero-order valence-corrected chi connectivity index (χ0v) is 19.9. The van der Waals surface area contributed by atoms with Gasteiger partial charge < -0.3 is 14.8 Å². The number of benzene rings is 4. The Hall–Kier alpha value is -4.84. The maximum Gasteiger partial charge on any atom is 0.262 e. The summed E-state index contributed by atoms with van der Waals surface area (Å²) in [5, 5.41) is 3.73. The quantitative estimate of drug-likeness (QED) is 0.314. The number of carbonyl (C=O) groups excluding carboxylic acids is 2. The molecule has 5 rings (SSSR count). The van der Waals surface area contributed by atoms with E-state index in [0.717, 1.165) is 5.56 Å². The van der Waals surface area contributed by atoms with Crippen molar-refractivity contribution >= 4 is 28.4 Å². The third-order valence-electron chi connectivity index (χ3n) is 6.02. The molecule has 1 heterocycles. The summed E-state index contributed by atoms with van der Waals surface area (Å²) in [5.74, 6) is 0.454. The number of rotatable bonds is 6. The first-order valence-electron chi connectivity index (χ1n) is 11.4. The van der Waals surface area contributed by atoms with Gasteiger partial charge in [0, 0.05) is 28.1 Å². The number of aromatic nitrogens is 1. The Kier molecular flexibility index (Phi) is 6.24. The zero-order valence-electron chi connectivity index (χ0n) is 19.9. The maximum absolute atomic E-state index is 14.0. The van der Waals surface area contributed by atoms with Crippen molar-refractivity contribution < 1.29 is 19.1 Å². The lowest BCUT2D eigenvalue weighted by molar-refractivity contribution is 0.0965. The molecule has 1 aromatic heterocycles. The number of amides is 1. The number of nitrogens with one attached hydrogen (secondary N) is 1. The molecule has 0 spiro atoms. The third-order valence-corrected chi connectivity index (χ3v) is 6.02. The van der Waals surface area contributed by atoms with Crippen molar-refractivity contribution in [1.29, 1.82) is 0 Å². The molecule has 0 saturated carbocycles. The Balaban J connectivity index is 1.84. The maximum atomic E-state index is 14.0. The molecule has 4 aromatic carbocycles. The normalized spacial score (nSPS) is 10.7. The summed E-state index contributed by atoms with van der Waals surface area (Å²) >= 11 is 0. The van der Waals surface area contributed by atoms with Crippen molar-refractivity contribution in [2.45, 2.75) is 0 Å². The summed E-state index contributed by atoms with van der Waals surface area (Å²) < 4.78 is 12.7. The fraction of sp³-hybridized carbons (Fsp3) is 0.0667. The lowest BCUT2D eigenvalue weighted by Gasteiger charge is -2.13. The molecule has 0 saturated heterocycles. The van der Waals surface area contributed by atoms with Crippen LogP contribution < -0.4 is 14.8 Å². The average molecular weight is 477 g/mol. The van der Waals surface area contributed by atoms with Crippen LogP contribution in [0, 0.1) is 0 Å². The molecular weight excluding hydrogens is 452 g/mol. The van der Waals surface area contributed by atoms with E-state index in [2.05, 4.69) is 5.32 Å². The Bertz CT molecular complexity index is 1540. The number of ether oxygens (including phenoxy) is 2. The molecule has 36 heavy (non-hydrogen) atoms. The van der Waals surface area contributed by atoms with E-state index in [1.165, 1.54) is 0 Å². The minimum absolute atomic E-state index is 0.230. The molecule has 6 nitrogen and oxygen atoms in total. The minimum Gasteiger partial charge on any atom is -0.493 e. The van der Waals surface area contributed by atoms with E-state index >= 15 is 0 Å². The molecule has 0 bridgehead atoms. The molecule has 1 amide bonds. The van der Waals surface area contributed by atoms with Crippen LogP contribution in [0.3, 0.4) is 0 Å². The standard InChI is InChI=1S/C30H24N2O4/c1-35-25-18-23-24(19-26(25)36-2)32(30(34)22-16-10-5-11-17-22)28(20-12-6-3-7-13-20)27(23)31-29(33)21-14-8-4-9-15-21/h3-19H,1-2H3,(H,31,33). The number of fused-ring (bicyclic) bond motifs is 1. The van der Waals surface area contributed by atoms with E-state index < -0.39 is 0 Å². The van der Waals surface area contributed by atoms with Gasteiger partial charge in [0.2, 0.25) is 0 Å². The van der Waals surface area contributed by atoms with Crippen LogP contribution in [-0.4, -0.2) is 30.6 Å². The number of carbonyl (C=O) groups is 2. The smallest absolute Gasteiger partial charge is 0.262 e. The first-order valence-corrected chi connectivity index (χ1v) is 11.4. The van der Waals surface area contributed by atoms with E-state index in [0.29, 0.717) is 44.9 Å². The SMILES string of the molecule is COc1cc2c(NC(=O)c3ccccc3)c(-c3ccccc3)n(C(=O)c3ccccc3)c2cc1OC. The lowest BCUT2D eigenvalue weighted by Crippen LogP contribution is -2.15. The molecular formula is C30H24N2O4. The van der Waals surface area contributed by atoms with E-state index in [9.17, 15) is 9.59 Å². The average Bonchev–Trinajstić information content (AvgIpc) is 3.25. The monoisotopic (exact) mass is 476 g/mol. The van der Waals surface area contributed by atoms with Crippen LogP contribution in [0.15, 0.2) is 103 Å². The molecule has 0 aliphatic heterocycles. The summed E-state index contributed by atoms with van der Waals surface area (Å²) in [7, 11) is 3.10. The van der Waals surface area contributed by atoms with Crippen molar-refractivity contribution in [2.24, 2.45) is 0 Å². The lowest BCUT2D eigenvalue weighted by atomic mass is 10.1. The predicted octanol–water partition coefficient (Wildman–Crippen LogP) is 6.27. The second kappa shape index (κ2) is 9.80. The molecule has 0 fully saturated rings. The van der Waals surface area contributed by atoms with Crippen LogP contribution in [0.4, 0.5) is 5.69 Å². The third kappa shape index (κ3) is 4.09. The van der Waals surface area contributed by atoms with Crippen molar-refractivity contribution in [2.75, 3.05) is 19.5 Å². The highest BCUT2D eigenvalue weighted by atomic mass is 16.5. The van der Waals surface area contributed by atoms with E-state index in [1.807, 2.05) is 66.7 Å². The van der Waals surface area contributed by atoms with Crippen LogP contribution >= 0.6 is 0 Å². The molecule has 1 N–H and O–H groups in total. The summed E-state index contributed by atoms with van der Waals surface area (Å²) in [6.07, 6.45) is 0. The highest BCUT2D eigenvalue weighted by molar-refractivity contribution is 6.17. The molecule has 178 valence electrons. The molecule has 0 atom stereocenters. The van der Waals surface area contributed by atoms with Gasteiger partial charge in [-0.3, -0.25) is 14.2 Å². The molecule has 0 radical (unpaired) electrons. The zero-order chi connectivity index (χ0) is 25.1. The van der Waals surface area contributed by atoms with Gasteiger partial charge in [0.25, 0.3) is 11.8 Å². The summed E-state index contributed by atoms with van der Waals surface area (Å²) in [4.78, 5) is 27.3. The predicted molar refractivity (Wildman–Crippen MR) is 141 cm³/mol. The second-order valence-electron chi connectivity index (χ2n) is 8.14. The first kappa shape index (κ1) is 22.9. The first-order chi connectivity index (χ1) is 17.6. The van der Waals surface area contributed by atoms with Crippen LogP contribution in [0.5, 0.6) is 11.5 Å². The van der Waals surface area contributed by atoms with Crippen LogP contribution in [0.1, 0.15) is 20.7 Å². The van der Waals surface area contributed by atoms with Crippen molar-refractivity contribution in [3.63, 3.8) is 0 Å². The van der Waals surface area contributed by atoms with Crippen LogP contribution in [-0.2, 0) is 0 Å². The number of hydrogen-bond donors (Lipinski definition) is 1. The van der Waals surface area contributed by atoms with Crippen molar-refractivity contribution in [3.8, 4) is 22.8 Å². The van der Waals surface area contributed by atoms with Crippen LogP contribution in [0.25, 0.3) is 22.2 Å². The Labute approximate surface area is 208 Å². The number of nitrogens with zero attached hydrogens (tertiary/aromatic N) is 1. The van der Waals surface area contributed by atoms with Crippen molar-refractivity contribution in [3.05, 3.63) is 114 Å². The fourth-order valence-electron chi connectivity index (χ4n) is 4.31. The van der Waals surface area contributed by atoms with Gasteiger partial charge in [-0.2, -0.15) is 0 Å². The fourth-order valence-corrected chi connectivity index (χ4v) is 4.31. The molecule has 5 aromatic rings. The number of methoxy groups -OCH3 is 2.